The van der Waals surface area contributed by atoms with Gasteiger partial charge in [-0.1, -0.05) is 36.4 Å². The summed E-state index contributed by atoms with van der Waals surface area (Å²) in [5.74, 6) is 0.0515. The van der Waals surface area contributed by atoms with Crippen LogP contribution in [0.4, 0.5) is 5.69 Å². The largest absolute Gasteiger partial charge is 0.361 e. The summed E-state index contributed by atoms with van der Waals surface area (Å²) in [4.78, 5) is 15.4. The number of hydrogen-bond donors (Lipinski definition) is 3. The van der Waals surface area contributed by atoms with Crippen LogP contribution in [0, 0.1) is 6.92 Å². The van der Waals surface area contributed by atoms with Gasteiger partial charge in [-0.15, -0.1) is 0 Å². The van der Waals surface area contributed by atoms with Gasteiger partial charge in [0.2, 0.25) is 5.91 Å². The van der Waals surface area contributed by atoms with Gasteiger partial charge in [-0.05, 0) is 49.9 Å². The first kappa shape index (κ1) is 18.2. The van der Waals surface area contributed by atoms with Crippen molar-refractivity contribution in [3.8, 4) is 0 Å². The molecule has 0 aliphatic carbocycles. The summed E-state index contributed by atoms with van der Waals surface area (Å²) in [6, 6.07) is 16.6. The summed E-state index contributed by atoms with van der Waals surface area (Å²) in [5, 5.41) is 7.73. The van der Waals surface area contributed by atoms with Crippen molar-refractivity contribution in [2.45, 2.75) is 39.2 Å². The summed E-state index contributed by atoms with van der Waals surface area (Å²) in [7, 11) is 0. The molecule has 3 N–H and O–H groups in total. The third-order valence-corrected chi connectivity index (χ3v) is 4.79. The highest BCUT2D eigenvalue weighted by Gasteiger charge is 2.08. The smallest absolute Gasteiger partial charge is 0.225 e. The number of hydrogen-bond acceptors (Lipinski definition) is 2. The van der Waals surface area contributed by atoms with Gasteiger partial charge in [-0.3, -0.25) is 4.79 Å². The van der Waals surface area contributed by atoms with Gasteiger partial charge >= 0.3 is 0 Å². The van der Waals surface area contributed by atoms with Crippen LogP contribution in [-0.2, 0) is 11.2 Å². The third kappa shape index (κ3) is 4.73. The molecule has 4 heteroatoms. The standard InChI is InChI=1S/C22H27N3O/c1-16-7-3-5-9-20(16)25-22(26)13-14-23-17(2)11-12-18-15-24-21-10-6-4-8-19(18)21/h3-10,15,17,23-24H,11-14H2,1-2H3,(H,25,26). The molecule has 3 aromatic rings. The molecular weight excluding hydrogens is 322 g/mol. The molecule has 0 bridgehead atoms. The van der Waals surface area contributed by atoms with E-state index in [0.717, 1.165) is 24.1 Å². The lowest BCUT2D eigenvalue weighted by Gasteiger charge is -2.14. The first-order valence-electron chi connectivity index (χ1n) is 9.27. The Morgan fingerprint density at radius 1 is 1.12 bits per heavy atom. The average Bonchev–Trinajstić information content (AvgIpc) is 3.05. The first-order chi connectivity index (χ1) is 12.6. The summed E-state index contributed by atoms with van der Waals surface area (Å²) in [5.41, 5.74) is 4.52. The van der Waals surface area contributed by atoms with E-state index in [4.69, 9.17) is 0 Å². The number of aromatic nitrogens is 1. The highest BCUT2D eigenvalue weighted by atomic mass is 16.1. The molecule has 3 rings (SSSR count). The van der Waals surface area contributed by atoms with E-state index in [-0.39, 0.29) is 5.91 Å². The van der Waals surface area contributed by atoms with E-state index < -0.39 is 0 Å². The van der Waals surface area contributed by atoms with Crippen molar-refractivity contribution < 1.29 is 4.79 Å². The fourth-order valence-corrected chi connectivity index (χ4v) is 3.17. The van der Waals surface area contributed by atoms with E-state index in [2.05, 4.69) is 53.0 Å². The Morgan fingerprint density at radius 3 is 2.73 bits per heavy atom. The van der Waals surface area contributed by atoms with Crippen molar-refractivity contribution in [2.75, 3.05) is 11.9 Å². The molecule has 0 radical (unpaired) electrons. The fourth-order valence-electron chi connectivity index (χ4n) is 3.17. The normalized spacial score (nSPS) is 12.2. The molecule has 1 unspecified atom stereocenters. The van der Waals surface area contributed by atoms with Crippen LogP contribution in [-0.4, -0.2) is 23.5 Å². The zero-order valence-corrected chi connectivity index (χ0v) is 15.5. The van der Waals surface area contributed by atoms with Crippen molar-refractivity contribution in [1.82, 2.24) is 10.3 Å². The number of aromatic amines is 1. The number of rotatable bonds is 8. The van der Waals surface area contributed by atoms with E-state index in [1.165, 1.54) is 16.5 Å². The molecule has 1 aromatic heterocycles. The minimum Gasteiger partial charge on any atom is -0.361 e. The van der Waals surface area contributed by atoms with Crippen LogP contribution >= 0.6 is 0 Å². The van der Waals surface area contributed by atoms with Crippen molar-refractivity contribution in [1.29, 1.82) is 0 Å². The van der Waals surface area contributed by atoms with Crippen LogP contribution in [0.5, 0.6) is 0 Å². The number of H-pyrrole nitrogens is 1. The number of amides is 1. The van der Waals surface area contributed by atoms with Crippen molar-refractivity contribution in [2.24, 2.45) is 0 Å². The Kier molecular flexibility index (Phi) is 6.08. The Hall–Kier alpha value is -2.59. The van der Waals surface area contributed by atoms with E-state index in [1.54, 1.807) is 0 Å². The number of para-hydroxylation sites is 2. The Morgan fingerprint density at radius 2 is 1.88 bits per heavy atom. The van der Waals surface area contributed by atoms with Gasteiger partial charge in [0.25, 0.3) is 0 Å². The van der Waals surface area contributed by atoms with Crippen molar-refractivity contribution in [3.63, 3.8) is 0 Å². The molecule has 1 atom stereocenters. The van der Waals surface area contributed by atoms with Crippen molar-refractivity contribution in [3.05, 3.63) is 65.9 Å². The molecule has 0 aliphatic heterocycles. The van der Waals surface area contributed by atoms with E-state index in [0.29, 0.717) is 19.0 Å². The summed E-state index contributed by atoms with van der Waals surface area (Å²) in [6.07, 6.45) is 4.65. The summed E-state index contributed by atoms with van der Waals surface area (Å²) >= 11 is 0. The lowest BCUT2D eigenvalue weighted by atomic mass is 10.1. The predicted octanol–water partition coefficient (Wildman–Crippen LogP) is 4.42. The van der Waals surface area contributed by atoms with E-state index in [1.807, 2.05) is 31.2 Å². The number of anilines is 1. The molecule has 0 saturated heterocycles. The minimum atomic E-state index is 0.0515. The zero-order valence-electron chi connectivity index (χ0n) is 15.5. The Labute approximate surface area is 155 Å². The quantitative estimate of drug-likeness (QED) is 0.564. The topological polar surface area (TPSA) is 56.9 Å². The molecular formula is C22H27N3O. The minimum absolute atomic E-state index is 0.0515. The van der Waals surface area contributed by atoms with Crippen LogP contribution in [0.2, 0.25) is 0 Å². The molecule has 4 nitrogen and oxygen atoms in total. The van der Waals surface area contributed by atoms with E-state index >= 15 is 0 Å². The molecule has 136 valence electrons. The van der Waals surface area contributed by atoms with E-state index in [9.17, 15) is 4.79 Å². The third-order valence-electron chi connectivity index (χ3n) is 4.79. The highest BCUT2D eigenvalue weighted by molar-refractivity contribution is 5.91. The van der Waals surface area contributed by atoms with Gasteiger partial charge in [0, 0.05) is 41.8 Å². The molecule has 0 aliphatic rings. The van der Waals surface area contributed by atoms with Gasteiger partial charge in [0.15, 0.2) is 0 Å². The van der Waals surface area contributed by atoms with Gasteiger partial charge in [-0.2, -0.15) is 0 Å². The zero-order chi connectivity index (χ0) is 18.4. The van der Waals surface area contributed by atoms with Crippen LogP contribution in [0.25, 0.3) is 10.9 Å². The monoisotopic (exact) mass is 349 g/mol. The average molecular weight is 349 g/mol. The second kappa shape index (κ2) is 8.68. The highest BCUT2D eigenvalue weighted by Crippen LogP contribution is 2.19. The second-order valence-corrected chi connectivity index (χ2v) is 6.87. The Balaban J connectivity index is 1.39. The fraction of sp³-hybridized carbons (Fsp3) is 0.318. The summed E-state index contributed by atoms with van der Waals surface area (Å²) < 4.78 is 0. The summed E-state index contributed by atoms with van der Waals surface area (Å²) in [6.45, 7) is 4.86. The maximum atomic E-state index is 12.1. The molecule has 0 fully saturated rings. The molecule has 1 amide bonds. The molecule has 0 spiro atoms. The number of aryl methyl sites for hydroxylation is 2. The van der Waals surface area contributed by atoms with Crippen LogP contribution in [0.15, 0.2) is 54.7 Å². The lowest BCUT2D eigenvalue weighted by Crippen LogP contribution is -2.30. The van der Waals surface area contributed by atoms with Crippen LogP contribution < -0.4 is 10.6 Å². The second-order valence-electron chi connectivity index (χ2n) is 6.87. The number of carbonyl (C=O) groups excluding carboxylic acids is 1. The number of fused-ring (bicyclic) bond motifs is 1. The van der Waals surface area contributed by atoms with Gasteiger partial charge in [0.1, 0.15) is 0 Å². The van der Waals surface area contributed by atoms with Crippen LogP contribution in [0.1, 0.15) is 30.9 Å². The molecule has 1 heterocycles. The number of nitrogens with one attached hydrogen (secondary N) is 3. The molecule has 2 aromatic carbocycles. The maximum Gasteiger partial charge on any atom is 0.225 e. The molecule has 26 heavy (non-hydrogen) atoms. The first-order valence-corrected chi connectivity index (χ1v) is 9.27. The SMILES string of the molecule is Cc1ccccc1NC(=O)CCNC(C)CCc1c[nH]c2ccccc12. The van der Waals surface area contributed by atoms with Crippen molar-refractivity contribution >= 4 is 22.5 Å². The number of carbonyl (C=O) groups is 1. The predicted molar refractivity (Wildman–Crippen MR) is 109 cm³/mol. The Bertz CT molecular complexity index is 868. The lowest BCUT2D eigenvalue weighted by molar-refractivity contribution is -0.116. The maximum absolute atomic E-state index is 12.1. The van der Waals surface area contributed by atoms with Crippen LogP contribution in [0.3, 0.4) is 0 Å². The van der Waals surface area contributed by atoms with Gasteiger partial charge in [0.05, 0.1) is 0 Å². The van der Waals surface area contributed by atoms with Gasteiger partial charge in [-0.25, -0.2) is 0 Å². The number of benzene rings is 2. The van der Waals surface area contributed by atoms with Gasteiger partial charge < -0.3 is 15.6 Å². The molecule has 0 saturated carbocycles.